The number of piperazine rings is 1. The van der Waals surface area contributed by atoms with Gasteiger partial charge < -0.3 is 19.6 Å². The number of nitrogens with zero attached hydrogens (tertiary/aromatic N) is 6. The summed E-state index contributed by atoms with van der Waals surface area (Å²) in [7, 11) is 1.50. The minimum atomic E-state index is -0.969. The van der Waals surface area contributed by atoms with Crippen LogP contribution in [0.3, 0.4) is 0 Å². The molecule has 4 heterocycles. The molecule has 11 heteroatoms. The Hall–Kier alpha value is -4.54. The Kier molecular flexibility index (Phi) is 7.27. The summed E-state index contributed by atoms with van der Waals surface area (Å²) in [6.07, 6.45) is 2.74. The lowest BCUT2D eigenvalue weighted by molar-refractivity contribution is 0.136. The van der Waals surface area contributed by atoms with E-state index in [1.165, 1.54) is 24.1 Å². The molecule has 1 saturated carbocycles. The fraction of sp³-hybridized carbons (Fsp3) is 0.406. The molecule has 0 spiro atoms. The van der Waals surface area contributed by atoms with E-state index in [-0.39, 0.29) is 24.4 Å². The first-order valence-corrected chi connectivity index (χ1v) is 14.6. The van der Waals surface area contributed by atoms with E-state index in [1.54, 1.807) is 16.8 Å². The Bertz CT molecular complexity index is 1800. The molecule has 1 atom stereocenters. The fourth-order valence-corrected chi connectivity index (χ4v) is 6.08. The van der Waals surface area contributed by atoms with Gasteiger partial charge in [0.15, 0.2) is 5.65 Å². The topological polar surface area (TPSA) is 114 Å². The van der Waals surface area contributed by atoms with Crippen molar-refractivity contribution in [3.63, 3.8) is 0 Å². The SMILES string of the molecule is COc1cc(F)ccc1-c1nc2c(cc1C1CC1)c(N1CCN(C(=O)O)C[C@@H]1C)nc(=O)n2-c1c(C)ccnc1C(C)C. The molecular weight excluding hydrogens is 551 g/mol. The van der Waals surface area contributed by atoms with Gasteiger partial charge in [-0.3, -0.25) is 4.98 Å². The summed E-state index contributed by atoms with van der Waals surface area (Å²) in [6.45, 7) is 8.88. The lowest BCUT2D eigenvalue weighted by atomic mass is 9.99. The summed E-state index contributed by atoms with van der Waals surface area (Å²) in [5.41, 5.74) is 4.40. The molecule has 224 valence electrons. The molecule has 1 aliphatic heterocycles. The molecule has 1 N–H and O–H groups in total. The predicted octanol–water partition coefficient (Wildman–Crippen LogP) is 5.49. The zero-order valence-corrected chi connectivity index (χ0v) is 25.0. The zero-order chi connectivity index (χ0) is 30.6. The minimum Gasteiger partial charge on any atom is -0.496 e. The monoisotopic (exact) mass is 586 g/mol. The van der Waals surface area contributed by atoms with E-state index in [0.29, 0.717) is 52.6 Å². The molecule has 0 unspecified atom stereocenters. The van der Waals surface area contributed by atoms with Crippen molar-refractivity contribution >= 4 is 22.9 Å². The van der Waals surface area contributed by atoms with Crippen LogP contribution >= 0.6 is 0 Å². The Morgan fingerprint density at radius 1 is 1.14 bits per heavy atom. The standard InChI is InChI=1S/C32H35FN6O4/c1-17(2)26-28(18(3)10-11-34-26)39-30-24(29(36-31(39)40)38-13-12-37(32(41)42)16-19(38)4)15-23(20-6-7-20)27(35-30)22-9-8-21(33)14-25(22)43-5/h8-11,14-15,17,19-20H,6-7,12-13,16H2,1-5H3,(H,41,42)/t19-/m0/s1. The third-order valence-corrected chi connectivity index (χ3v) is 8.41. The van der Waals surface area contributed by atoms with Crippen molar-refractivity contribution in [2.24, 2.45) is 0 Å². The molecule has 3 aromatic heterocycles. The van der Waals surface area contributed by atoms with Gasteiger partial charge in [-0.2, -0.15) is 4.98 Å². The van der Waals surface area contributed by atoms with Crippen molar-refractivity contribution in [1.82, 2.24) is 24.4 Å². The number of halogens is 1. The number of hydrogen-bond acceptors (Lipinski definition) is 7. The van der Waals surface area contributed by atoms with E-state index < -0.39 is 17.6 Å². The highest BCUT2D eigenvalue weighted by Crippen LogP contribution is 2.47. The van der Waals surface area contributed by atoms with Gasteiger partial charge in [0.05, 0.1) is 29.6 Å². The zero-order valence-electron chi connectivity index (χ0n) is 25.0. The number of amides is 1. The predicted molar refractivity (Wildman–Crippen MR) is 162 cm³/mol. The number of aryl methyl sites for hydroxylation is 1. The highest BCUT2D eigenvalue weighted by molar-refractivity contribution is 5.92. The van der Waals surface area contributed by atoms with Crippen LogP contribution in [0.1, 0.15) is 62.3 Å². The van der Waals surface area contributed by atoms with Crippen molar-refractivity contribution in [2.75, 3.05) is 31.6 Å². The van der Waals surface area contributed by atoms with Crippen LogP contribution in [-0.2, 0) is 0 Å². The van der Waals surface area contributed by atoms with Crippen molar-refractivity contribution in [3.8, 4) is 22.7 Å². The highest BCUT2D eigenvalue weighted by Gasteiger charge is 2.34. The van der Waals surface area contributed by atoms with E-state index >= 15 is 0 Å². The summed E-state index contributed by atoms with van der Waals surface area (Å²) in [5, 5.41) is 10.3. The lowest BCUT2D eigenvalue weighted by Crippen LogP contribution is -2.54. The first-order valence-electron chi connectivity index (χ1n) is 14.6. The van der Waals surface area contributed by atoms with Crippen LogP contribution in [0.5, 0.6) is 5.75 Å². The number of rotatable bonds is 6. The molecule has 6 rings (SSSR count). The molecule has 0 radical (unpaired) electrons. The number of aromatic nitrogens is 4. The Balaban J connectivity index is 1.69. The molecule has 1 aromatic carbocycles. The minimum absolute atomic E-state index is 0.0167. The summed E-state index contributed by atoms with van der Waals surface area (Å²) >= 11 is 0. The van der Waals surface area contributed by atoms with E-state index in [4.69, 9.17) is 9.72 Å². The number of hydrogen-bond donors (Lipinski definition) is 1. The number of carbonyl (C=O) groups is 1. The summed E-state index contributed by atoms with van der Waals surface area (Å²) in [5.74, 6) is 0.689. The van der Waals surface area contributed by atoms with E-state index in [2.05, 4.69) is 16.0 Å². The second-order valence-corrected chi connectivity index (χ2v) is 11.8. The van der Waals surface area contributed by atoms with Gasteiger partial charge in [-0.25, -0.2) is 23.5 Å². The molecule has 2 aliphatic rings. The molecule has 43 heavy (non-hydrogen) atoms. The van der Waals surface area contributed by atoms with Gasteiger partial charge in [-0.1, -0.05) is 13.8 Å². The van der Waals surface area contributed by atoms with Crippen molar-refractivity contribution < 1.29 is 19.0 Å². The van der Waals surface area contributed by atoms with Gasteiger partial charge >= 0.3 is 11.8 Å². The second-order valence-electron chi connectivity index (χ2n) is 11.8. The maximum Gasteiger partial charge on any atom is 0.407 e. The number of ether oxygens (including phenoxy) is 1. The van der Waals surface area contributed by atoms with Crippen LogP contribution in [-0.4, -0.2) is 68.4 Å². The average Bonchev–Trinajstić information content (AvgIpc) is 3.82. The smallest absolute Gasteiger partial charge is 0.407 e. The molecule has 2 fully saturated rings. The number of carboxylic acid groups (broad SMARTS) is 1. The van der Waals surface area contributed by atoms with Gasteiger partial charge in [0.2, 0.25) is 0 Å². The van der Waals surface area contributed by atoms with Crippen LogP contribution in [0.25, 0.3) is 28.0 Å². The van der Waals surface area contributed by atoms with Gasteiger partial charge in [0.1, 0.15) is 17.4 Å². The van der Waals surface area contributed by atoms with Crippen LogP contribution in [0.15, 0.2) is 41.3 Å². The first-order chi connectivity index (χ1) is 20.6. The van der Waals surface area contributed by atoms with E-state index in [1.807, 2.05) is 38.7 Å². The quantitative estimate of drug-likeness (QED) is 0.316. The maximum atomic E-state index is 14.2. The Labute approximate surface area is 248 Å². The van der Waals surface area contributed by atoms with Crippen molar-refractivity contribution in [1.29, 1.82) is 0 Å². The molecule has 10 nitrogen and oxygen atoms in total. The van der Waals surface area contributed by atoms with Crippen LogP contribution in [0.2, 0.25) is 0 Å². The van der Waals surface area contributed by atoms with Crippen LogP contribution < -0.4 is 15.3 Å². The van der Waals surface area contributed by atoms with E-state index in [0.717, 1.165) is 29.7 Å². The van der Waals surface area contributed by atoms with Crippen molar-refractivity contribution in [2.45, 2.75) is 58.4 Å². The van der Waals surface area contributed by atoms with Gasteiger partial charge in [-0.15, -0.1) is 0 Å². The first kappa shape index (κ1) is 28.6. The molecule has 1 aliphatic carbocycles. The summed E-state index contributed by atoms with van der Waals surface area (Å²) in [4.78, 5) is 43.7. The molecule has 1 amide bonds. The third-order valence-electron chi connectivity index (χ3n) is 8.41. The molecule has 0 bridgehead atoms. The summed E-state index contributed by atoms with van der Waals surface area (Å²) < 4.78 is 21.4. The van der Waals surface area contributed by atoms with Crippen LogP contribution in [0.4, 0.5) is 15.0 Å². The highest BCUT2D eigenvalue weighted by atomic mass is 19.1. The van der Waals surface area contributed by atoms with Crippen LogP contribution in [0, 0.1) is 12.7 Å². The third kappa shape index (κ3) is 5.06. The molecule has 4 aromatic rings. The van der Waals surface area contributed by atoms with Gasteiger partial charge in [0, 0.05) is 43.5 Å². The molecule has 1 saturated heterocycles. The van der Waals surface area contributed by atoms with E-state index in [9.17, 15) is 19.1 Å². The average molecular weight is 587 g/mol. The van der Waals surface area contributed by atoms with Gasteiger partial charge in [0.25, 0.3) is 0 Å². The number of benzene rings is 1. The lowest BCUT2D eigenvalue weighted by Gasteiger charge is -2.39. The number of methoxy groups -OCH3 is 1. The van der Waals surface area contributed by atoms with Crippen molar-refractivity contribution in [3.05, 3.63) is 69.7 Å². The number of pyridine rings is 2. The van der Waals surface area contributed by atoms with Gasteiger partial charge in [-0.05, 0) is 73.9 Å². The number of anilines is 1. The second kappa shape index (κ2) is 10.9. The summed E-state index contributed by atoms with van der Waals surface area (Å²) in [6, 6.07) is 8.10. The fourth-order valence-electron chi connectivity index (χ4n) is 6.08. The Morgan fingerprint density at radius 2 is 1.91 bits per heavy atom. The maximum absolute atomic E-state index is 14.2. The molecular formula is C32H35FN6O4. The number of fused-ring (bicyclic) bond motifs is 1. The Morgan fingerprint density at radius 3 is 2.56 bits per heavy atom. The normalized spacial score (nSPS) is 17.1. The largest absolute Gasteiger partial charge is 0.496 e.